The number of piperidine rings is 1. The van der Waals surface area contributed by atoms with Gasteiger partial charge in [-0.05, 0) is 63.4 Å². The number of aryl methyl sites for hydroxylation is 1. The van der Waals surface area contributed by atoms with Crippen molar-refractivity contribution in [2.45, 2.75) is 39.2 Å². The third-order valence-corrected chi connectivity index (χ3v) is 5.71. The molecule has 0 aromatic heterocycles. The second-order valence-corrected chi connectivity index (χ2v) is 8.13. The van der Waals surface area contributed by atoms with Crippen molar-refractivity contribution in [3.8, 4) is 5.75 Å². The van der Waals surface area contributed by atoms with Gasteiger partial charge in [-0.15, -0.1) is 0 Å². The maximum atomic E-state index is 12.8. The summed E-state index contributed by atoms with van der Waals surface area (Å²) in [5.41, 5.74) is 2.58. The minimum absolute atomic E-state index is 0.0329. The molecule has 0 bridgehead atoms. The fraction of sp³-hybridized carbons (Fsp3) is 0.375. The number of carbonyl (C=O) groups excluding carboxylic acids is 3. The predicted octanol–water partition coefficient (Wildman–Crippen LogP) is 3.37. The summed E-state index contributed by atoms with van der Waals surface area (Å²) in [7, 11) is 0. The lowest BCUT2D eigenvalue weighted by molar-refractivity contribution is -0.133. The van der Waals surface area contributed by atoms with Crippen LogP contribution >= 0.6 is 0 Å². The number of hydrogen-bond acceptors (Lipinski definition) is 4. The Morgan fingerprint density at radius 1 is 1.10 bits per heavy atom. The van der Waals surface area contributed by atoms with Gasteiger partial charge in [-0.2, -0.15) is 0 Å². The average molecular weight is 421 g/mol. The number of amides is 3. The van der Waals surface area contributed by atoms with Gasteiger partial charge < -0.3 is 15.0 Å². The largest absolute Gasteiger partial charge is 0.479 e. The van der Waals surface area contributed by atoms with Gasteiger partial charge in [0, 0.05) is 24.3 Å². The van der Waals surface area contributed by atoms with Crippen LogP contribution in [0.15, 0.2) is 42.5 Å². The van der Waals surface area contributed by atoms with Crippen molar-refractivity contribution in [3.63, 3.8) is 0 Å². The Kier molecular flexibility index (Phi) is 5.93. The summed E-state index contributed by atoms with van der Waals surface area (Å²) in [6.07, 6.45) is 2.44. The predicted molar refractivity (Wildman–Crippen MR) is 118 cm³/mol. The highest BCUT2D eigenvalue weighted by atomic mass is 16.5. The van der Waals surface area contributed by atoms with Crippen molar-refractivity contribution in [1.29, 1.82) is 0 Å². The van der Waals surface area contributed by atoms with Gasteiger partial charge in [0.05, 0.1) is 5.69 Å². The number of likely N-dealkylation sites (tertiary alicyclic amines) is 1. The topological polar surface area (TPSA) is 79.0 Å². The number of nitrogens with one attached hydrogen (secondary N) is 1. The molecule has 1 atom stereocenters. The number of ether oxygens (including phenoxy) is 1. The molecule has 2 aromatic carbocycles. The van der Waals surface area contributed by atoms with Crippen molar-refractivity contribution >= 4 is 29.1 Å². The van der Waals surface area contributed by atoms with E-state index in [1.54, 1.807) is 31.2 Å². The molecule has 0 radical (unpaired) electrons. The Labute approximate surface area is 182 Å². The van der Waals surface area contributed by atoms with Gasteiger partial charge in [0.15, 0.2) is 6.10 Å². The van der Waals surface area contributed by atoms with E-state index in [0.717, 1.165) is 37.9 Å². The van der Waals surface area contributed by atoms with Crippen LogP contribution in [0.2, 0.25) is 0 Å². The normalized spacial score (nSPS) is 18.3. The van der Waals surface area contributed by atoms with Crippen LogP contribution in [0.4, 0.5) is 11.4 Å². The van der Waals surface area contributed by atoms with Crippen LogP contribution in [-0.4, -0.2) is 48.4 Å². The summed E-state index contributed by atoms with van der Waals surface area (Å²) in [5, 5.41) is 2.87. The minimum atomic E-state index is -0.672. The van der Waals surface area contributed by atoms with E-state index in [2.05, 4.69) is 5.32 Å². The second kappa shape index (κ2) is 8.79. The summed E-state index contributed by atoms with van der Waals surface area (Å²) >= 11 is 0. The van der Waals surface area contributed by atoms with E-state index >= 15 is 0 Å². The number of rotatable bonds is 4. The van der Waals surface area contributed by atoms with Crippen LogP contribution in [0, 0.1) is 6.92 Å². The van der Waals surface area contributed by atoms with Crippen LogP contribution in [-0.2, 0) is 9.59 Å². The monoisotopic (exact) mass is 421 g/mol. The molecule has 2 aliphatic rings. The summed E-state index contributed by atoms with van der Waals surface area (Å²) in [6, 6.07) is 12.5. The molecule has 162 valence electrons. The molecular formula is C24H27N3O4. The molecule has 7 heteroatoms. The Morgan fingerprint density at radius 2 is 1.87 bits per heavy atom. The van der Waals surface area contributed by atoms with Gasteiger partial charge in [-0.1, -0.05) is 17.7 Å². The van der Waals surface area contributed by atoms with Gasteiger partial charge in [-0.25, -0.2) is 0 Å². The quantitative estimate of drug-likeness (QED) is 0.821. The van der Waals surface area contributed by atoms with Crippen LogP contribution < -0.4 is 15.0 Å². The first kappa shape index (κ1) is 20.9. The molecule has 0 aliphatic carbocycles. The zero-order valence-electron chi connectivity index (χ0n) is 17.9. The van der Waals surface area contributed by atoms with E-state index in [9.17, 15) is 14.4 Å². The highest BCUT2D eigenvalue weighted by Gasteiger charge is 2.34. The van der Waals surface area contributed by atoms with Crippen molar-refractivity contribution in [1.82, 2.24) is 4.90 Å². The summed E-state index contributed by atoms with van der Waals surface area (Å²) in [5.74, 6) is -0.0505. The molecule has 0 spiro atoms. The van der Waals surface area contributed by atoms with Gasteiger partial charge in [0.2, 0.25) is 5.91 Å². The van der Waals surface area contributed by atoms with Crippen LogP contribution in [0.5, 0.6) is 5.75 Å². The number of anilines is 2. The van der Waals surface area contributed by atoms with Crippen molar-refractivity contribution in [2.75, 3.05) is 29.9 Å². The standard InChI is InChI=1S/C24H27N3O4/c1-16-7-6-8-18(13-16)23(29)25-19-9-10-21-20(14-19)27(24(30)17(2)31-21)15-22(28)26-11-4-3-5-12-26/h6-10,13-14,17H,3-5,11-12,15H2,1-2H3,(H,25,29). The molecule has 1 fully saturated rings. The minimum Gasteiger partial charge on any atom is -0.479 e. The molecule has 1 saturated heterocycles. The molecule has 2 aliphatic heterocycles. The van der Waals surface area contributed by atoms with Crippen molar-refractivity contribution in [3.05, 3.63) is 53.6 Å². The van der Waals surface area contributed by atoms with Crippen LogP contribution in [0.25, 0.3) is 0 Å². The Morgan fingerprint density at radius 3 is 2.61 bits per heavy atom. The smallest absolute Gasteiger partial charge is 0.268 e. The highest BCUT2D eigenvalue weighted by molar-refractivity contribution is 6.07. The first-order valence-corrected chi connectivity index (χ1v) is 10.7. The summed E-state index contributed by atoms with van der Waals surface area (Å²) in [6.45, 7) is 5.03. The Balaban J connectivity index is 1.57. The molecule has 31 heavy (non-hydrogen) atoms. The lowest BCUT2D eigenvalue weighted by Gasteiger charge is -2.35. The lowest BCUT2D eigenvalue weighted by Crippen LogP contribution is -2.50. The van der Waals surface area contributed by atoms with Gasteiger partial charge in [-0.3, -0.25) is 19.3 Å². The second-order valence-electron chi connectivity index (χ2n) is 8.13. The van der Waals surface area contributed by atoms with Gasteiger partial charge >= 0.3 is 0 Å². The first-order valence-electron chi connectivity index (χ1n) is 10.7. The fourth-order valence-corrected chi connectivity index (χ4v) is 4.02. The Bertz CT molecular complexity index is 1010. The highest BCUT2D eigenvalue weighted by Crippen LogP contribution is 2.36. The van der Waals surface area contributed by atoms with Crippen molar-refractivity contribution < 1.29 is 19.1 Å². The number of fused-ring (bicyclic) bond motifs is 1. The zero-order chi connectivity index (χ0) is 22.0. The van der Waals surface area contributed by atoms with Gasteiger partial charge in [0.1, 0.15) is 12.3 Å². The SMILES string of the molecule is Cc1cccc(C(=O)Nc2ccc3c(c2)N(CC(=O)N2CCCCC2)C(=O)C(C)O3)c1. The van der Waals surface area contributed by atoms with E-state index < -0.39 is 6.10 Å². The van der Waals surface area contributed by atoms with Crippen molar-refractivity contribution in [2.24, 2.45) is 0 Å². The van der Waals surface area contributed by atoms with E-state index in [-0.39, 0.29) is 24.3 Å². The molecular weight excluding hydrogens is 394 g/mol. The summed E-state index contributed by atoms with van der Waals surface area (Å²) in [4.78, 5) is 41.6. The third kappa shape index (κ3) is 4.55. The first-order chi connectivity index (χ1) is 14.9. The number of hydrogen-bond donors (Lipinski definition) is 1. The van der Waals surface area contributed by atoms with E-state index in [0.29, 0.717) is 22.7 Å². The van der Waals surface area contributed by atoms with Gasteiger partial charge in [0.25, 0.3) is 11.8 Å². The maximum absolute atomic E-state index is 12.8. The molecule has 0 saturated carbocycles. The molecule has 3 amide bonds. The lowest BCUT2D eigenvalue weighted by atomic mass is 10.1. The number of carbonyl (C=O) groups is 3. The maximum Gasteiger partial charge on any atom is 0.268 e. The zero-order valence-corrected chi connectivity index (χ0v) is 17.9. The van der Waals surface area contributed by atoms with E-state index in [1.807, 2.05) is 30.0 Å². The number of benzene rings is 2. The average Bonchev–Trinajstić information content (AvgIpc) is 2.77. The van der Waals surface area contributed by atoms with Crippen LogP contribution in [0.3, 0.4) is 0 Å². The van der Waals surface area contributed by atoms with E-state index in [4.69, 9.17) is 4.74 Å². The molecule has 1 N–H and O–H groups in total. The molecule has 1 unspecified atom stereocenters. The Hall–Kier alpha value is -3.35. The number of nitrogens with zero attached hydrogens (tertiary/aromatic N) is 2. The summed E-state index contributed by atoms with van der Waals surface area (Å²) < 4.78 is 5.73. The third-order valence-electron chi connectivity index (χ3n) is 5.71. The molecule has 7 nitrogen and oxygen atoms in total. The molecule has 2 heterocycles. The molecule has 4 rings (SSSR count). The van der Waals surface area contributed by atoms with E-state index in [1.165, 1.54) is 4.90 Å². The molecule has 2 aromatic rings. The fourth-order valence-electron chi connectivity index (χ4n) is 4.02. The van der Waals surface area contributed by atoms with Crippen LogP contribution in [0.1, 0.15) is 42.1 Å².